The van der Waals surface area contributed by atoms with Crippen molar-refractivity contribution in [2.45, 2.75) is 33.2 Å². The molecule has 1 fully saturated rings. The quantitative estimate of drug-likeness (QED) is 0.642. The third kappa shape index (κ3) is 4.22. The fourth-order valence-electron chi connectivity index (χ4n) is 3.52. The third-order valence-corrected chi connectivity index (χ3v) is 5.29. The van der Waals surface area contributed by atoms with Gasteiger partial charge in [-0.3, -0.25) is 4.79 Å². The van der Waals surface area contributed by atoms with Crippen LogP contribution in [0.2, 0.25) is 0 Å². The normalized spacial score (nSPS) is 20.8. The number of H-pyrrole nitrogens is 1. The zero-order chi connectivity index (χ0) is 17.8. The predicted octanol–water partition coefficient (Wildman–Crippen LogP) is -0.0714. The summed E-state index contributed by atoms with van der Waals surface area (Å²) >= 11 is 0. The number of ether oxygens (including phenoxy) is 1. The van der Waals surface area contributed by atoms with E-state index in [9.17, 15) is 4.79 Å². The lowest BCUT2D eigenvalue weighted by molar-refractivity contribution is -1.01. The van der Waals surface area contributed by atoms with Crippen LogP contribution < -0.4 is 20.0 Å². The Balaban J connectivity index is 1.86. The van der Waals surface area contributed by atoms with Gasteiger partial charge in [0, 0.05) is 16.6 Å². The highest BCUT2D eigenvalue weighted by atomic mass is 16.5. The average Bonchev–Trinajstić information content (AvgIpc) is 2.61. The molecule has 0 radical (unpaired) electrons. The summed E-state index contributed by atoms with van der Waals surface area (Å²) < 4.78 is 5.78. The highest BCUT2D eigenvalue weighted by Gasteiger charge is 2.22. The van der Waals surface area contributed by atoms with E-state index >= 15 is 0 Å². The molecule has 25 heavy (non-hydrogen) atoms. The van der Waals surface area contributed by atoms with Crippen molar-refractivity contribution < 1.29 is 14.5 Å². The average molecular weight is 345 g/mol. The summed E-state index contributed by atoms with van der Waals surface area (Å²) in [4.78, 5) is 19.6. The van der Waals surface area contributed by atoms with Gasteiger partial charge in [0.15, 0.2) is 5.43 Å². The number of nitrogens with one attached hydrogen (secondary N) is 3. The van der Waals surface area contributed by atoms with Crippen LogP contribution in [0.15, 0.2) is 23.0 Å². The van der Waals surface area contributed by atoms with Gasteiger partial charge in [-0.15, -0.1) is 0 Å². The van der Waals surface area contributed by atoms with Crippen molar-refractivity contribution in [2.24, 2.45) is 0 Å². The van der Waals surface area contributed by atoms with E-state index in [0.717, 1.165) is 60.4 Å². The molecule has 5 heteroatoms. The van der Waals surface area contributed by atoms with Crippen molar-refractivity contribution >= 4 is 10.9 Å². The molecular weight excluding hydrogens is 314 g/mol. The van der Waals surface area contributed by atoms with Crippen molar-refractivity contribution in [3.05, 3.63) is 39.7 Å². The van der Waals surface area contributed by atoms with Crippen molar-refractivity contribution in [1.82, 2.24) is 4.98 Å². The Labute approximate surface area is 149 Å². The number of pyridine rings is 1. The molecule has 0 bridgehead atoms. The monoisotopic (exact) mass is 345 g/mol. The zero-order valence-electron chi connectivity index (χ0n) is 15.7. The second-order valence-electron chi connectivity index (χ2n) is 7.35. The SMILES string of the molecule is CCCCOc1ccc2[nH]c(C)c(C[NH+]3CC[NH+](C)CC3)c(=O)c2c1. The summed E-state index contributed by atoms with van der Waals surface area (Å²) in [5.41, 5.74) is 2.97. The van der Waals surface area contributed by atoms with Crippen molar-refractivity contribution in [2.75, 3.05) is 39.8 Å². The third-order valence-electron chi connectivity index (χ3n) is 5.29. The first-order valence-electron chi connectivity index (χ1n) is 9.51. The Hall–Kier alpha value is -1.85. The van der Waals surface area contributed by atoms with Gasteiger partial charge in [-0.2, -0.15) is 0 Å². The Morgan fingerprint density at radius 3 is 2.68 bits per heavy atom. The van der Waals surface area contributed by atoms with E-state index < -0.39 is 0 Å². The van der Waals surface area contributed by atoms with Crippen LogP contribution in [0.5, 0.6) is 5.75 Å². The Kier molecular flexibility index (Phi) is 5.76. The summed E-state index contributed by atoms with van der Waals surface area (Å²) in [5.74, 6) is 0.789. The first kappa shape index (κ1) is 18.0. The number of hydrogen-bond donors (Lipinski definition) is 3. The van der Waals surface area contributed by atoms with Crippen LogP contribution in [0.25, 0.3) is 10.9 Å². The lowest BCUT2D eigenvalue weighted by Crippen LogP contribution is -3.26. The Morgan fingerprint density at radius 1 is 1.20 bits per heavy atom. The minimum Gasteiger partial charge on any atom is -0.494 e. The van der Waals surface area contributed by atoms with Gasteiger partial charge in [0.25, 0.3) is 0 Å². The molecule has 0 spiro atoms. The highest BCUT2D eigenvalue weighted by Crippen LogP contribution is 2.18. The summed E-state index contributed by atoms with van der Waals surface area (Å²) in [7, 11) is 2.24. The minimum absolute atomic E-state index is 0.158. The lowest BCUT2D eigenvalue weighted by Gasteiger charge is -2.27. The summed E-state index contributed by atoms with van der Waals surface area (Å²) in [6, 6.07) is 5.80. The largest absolute Gasteiger partial charge is 0.494 e. The van der Waals surface area contributed by atoms with Crippen LogP contribution in [0.3, 0.4) is 0 Å². The van der Waals surface area contributed by atoms with E-state index in [4.69, 9.17) is 4.74 Å². The fourth-order valence-corrected chi connectivity index (χ4v) is 3.52. The van der Waals surface area contributed by atoms with Crippen molar-refractivity contribution in [1.29, 1.82) is 0 Å². The minimum atomic E-state index is 0.158. The molecule has 0 unspecified atom stereocenters. The van der Waals surface area contributed by atoms with Gasteiger partial charge < -0.3 is 19.5 Å². The molecule has 2 aromatic rings. The van der Waals surface area contributed by atoms with Crippen LogP contribution >= 0.6 is 0 Å². The van der Waals surface area contributed by atoms with Gasteiger partial charge in [0.05, 0.1) is 19.2 Å². The van der Waals surface area contributed by atoms with Crippen LogP contribution in [-0.2, 0) is 6.54 Å². The van der Waals surface area contributed by atoms with E-state index in [1.807, 2.05) is 25.1 Å². The molecule has 3 N–H and O–H groups in total. The number of fused-ring (bicyclic) bond motifs is 1. The van der Waals surface area contributed by atoms with Crippen LogP contribution in [-0.4, -0.2) is 44.8 Å². The number of benzene rings is 1. The lowest BCUT2D eigenvalue weighted by atomic mass is 10.1. The van der Waals surface area contributed by atoms with E-state index in [2.05, 4.69) is 19.0 Å². The van der Waals surface area contributed by atoms with Crippen molar-refractivity contribution in [3.8, 4) is 5.75 Å². The molecule has 0 aliphatic carbocycles. The predicted molar refractivity (Wildman–Crippen MR) is 101 cm³/mol. The second-order valence-corrected chi connectivity index (χ2v) is 7.35. The molecule has 2 heterocycles. The summed E-state index contributed by atoms with van der Waals surface area (Å²) in [6.07, 6.45) is 2.13. The molecule has 1 aliphatic rings. The molecule has 1 saturated heterocycles. The second kappa shape index (κ2) is 8.02. The van der Waals surface area contributed by atoms with E-state index in [0.29, 0.717) is 6.61 Å². The maximum absolute atomic E-state index is 13.1. The number of quaternary nitrogens is 2. The number of aromatic amines is 1. The molecule has 5 nitrogen and oxygen atoms in total. The summed E-state index contributed by atoms with van der Waals surface area (Å²) in [6.45, 7) is 10.3. The molecule has 136 valence electrons. The topological polar surface area (TPSA) is 51.0 Å². The molecule has 0 saturated carbocycles. The van der Waals surface area contributed by atoms with Gasteiger partial charge in [-0.25, -0.2) is 0 Å². The number of unbranched alkanes of at least 4 members (excludes halogenated alkanes) is 1. The van der Waals surface area contributed by atoms with Crippen molar-refractivity contribution in [3.63, 3.8) is 0 Å². The van der Waals surface area contributed by atoms with E-state index in [-0.39, 0.29) is 5.43 Å². The van der Waals surface area contributed by atoms with Gasteiger partial charge in [0.2, 0.25) is 0 Å². The molecule has 1 aromatic carbocycles. The molecular formula is C20H31N3O2+2. The molecule has 3 rings (SSSR count). The van der Waals surface area contributed by atoms with Gasteiger partial charge in [0.1, 0.15) is 38.5 Å². The standard InChI is InChI=1S/C20H29N3O2/c1-4-5-12-25-16-6-7-19-17(13-16)20(24)18(15(2)21-19)14-23-10-8-22(3)9-11-23/h6-7,13H,4-5,8-12,14H2,1-3H3,(H,21,24)/p+2. The molecule has 0 amide bonds. The maximum Gasteiger partial charge on any atom is 0.198 e. The van der Waals surface area contributed by atoms with Gasteiger partial charge in [-0.1, -0.05) is 13.3 Å². The van der Waals surface area contributed by atoms with E-state index in [1.54, 1.807) is 4.90 Å². The number of rotatable bonds is 6. The number of aromatic nitrogens is 1. The number of hydrogen-bond acceptors (Lipinski definition) is 2. The molecule has 0 atom stereocenters. The Morgan fingerprint density at radius 2 is 1.96 bits per heavy atom. The highest BCUT2D eigenvalue weighted by molar-refractivity contribution is 5.81. The smallest absolute Gasteiger partial charge is 0.198 e. The van der Waals surface area contributed by atoms with Crippen LogP contribution in [0.4, 0.5) is 0 Å². The Bertz CT molecular complexity index is 776. The number of piperazine rings is 1. The maximum atomic E-state index is 13.1. The first-order valence-corrected chi connectivity index (χ1v) is 9.51. The number of aryl methyl sites for hydroxylation is 1. The summed E-state index contributed by atoms with van der Waals surface area (Å²) in [5, 5.41) is 0.744. The zero-order valence-corrected chi connectivity index (χ0v) is 15.7. The first-order chi connectivity index (χ1) is 12.1. The molecule has 1 aliphatic heterocycles. The van der Waals surface area contributed by atoms with Crippen LogP contribution in [0.1, 0.15) is 31.0 Å². The van der Waals surface area contributed by atoms with Gasteiger partial charge in [-0.05, 0) is 31.5 Å². The van der Waals surface area contributed by atoms with Crippen LogP contribution in [0, 0.1) is 6.92 Å². The van der Waals surface area contributed by atoms with E-state index in [1.165, 1.54) is 18.0 Å². The number of likely N-dealkylation sites (N-methyl/N-ethyl adjacent to an activating group) is 1. The molecule has 1 aromatic heterocycles. The van der Waals surface area contributed by atoms with Gasteiger partial charge >= 0.3 is 0 Å². The fraction of sp³-hybridized carbons (Fsp3) is 0.550.